The summed E-state index contributed by atoms with van der Waals surface area (Å²) in [5.41, 5.74) is 2.84. The monoisotopic (exact) mass is 346 g/mol. The maximum Gasteiger partial charge on any atom is 0.317 e. The maximum atomic E-state index is 12.4. The molecule has 0 bridgehead atoms. The molecule has 1 aromatic rings. The van der Waals surface area contributed by atoms with Crippen LogP contribution in [0.5, 0.6) is 0 Å². The summed E-state index contributed by atoms with van der Waals surface area (Å²) in [7, 11) is 3.96. The van der Waals surface area contributed by atoms with Crippen LogP contribution in [-0.4, -0.2) is 43.5 Å². The van der Waals surface area contributed by atoms with Crippen molar-refractivity contribution in [1.29, 1.82) is 0 Å². The smallest absolute Gasteiger partial charge is 0.317 e. The van der Waals surface area contributed by atoms with Gasteiger partial charge in [-0.1, -0.05) is 0 Å². The fourth-order valence-corrected chi connectivity index (χ4v) is 2.74. The van der Waals surface area contributed by atoms with Crippen LogP contribution in [0.2, 0.25) is 0 Å². The highest BCUT2D eigenvalue weighted by atomic mass is 16.2. The molecule has 138 valence electrons. The van der Waals surface area contributed by atoms with E-state index in [4.69, 9.17) is 0 Å². The number of rotatable bonds is 7. The number of amides is 3. The molecule has 6 nitrogen and oxygen atoms in total. The molecule has 1 aliphatic carbocycles. The van der Waals surface area contributed by atoms with Gasteiger partial charge in [0.2, 0.25) is 5.91 Å². The Bertz CT molecular complexity index is 624. The van der Waals surface area contributed by atoms with Crippen molar-refractivity contribution in [3.05, 3.63) is 23.8 Å². The van der Waals surface area contributed by atoms with Crippen molar-refractivity contribution in [2.24, 2.45) is 5.92 Å². The summed E-state index contributed by atoms with van der Waals surface area (Å²) in [5, 5.41) is 5.86. The lowest BCUT2D eigenvalue weighted by Gasteiger charge is -2.29. The lowest BCUT2D eigenvalue weighted by molar-refractivity contribution is -0.117. The molecule has 2 rings (SSSR count). The number of hydrogen-bond acceptors (Lipinski definition) is 3. The Morgan fingerprint density at radius 3 is 2.44 bits per heavy atom. The third-order valence-electron chi connectivity index (χ3n) is 4.33. The summed E-state index contributed by atoms with van der Waals surface area (Å²) >= 11 is 0. The van der Waals surface area contributed by atoms with Crippen LogP contribution >= 0.6 is 0 Å². The highest BCUT2D eigenvalue weighted by molar-refractivity contribution is 5.94. The van der Waals surface area contributed by atoms with E-state index in [0.717, 1.165) is 29.8 Å². The van der Waals surface area contributed by atoms with Crippen molar-refractivity contribution in [2.75, 3.05) is 30.9 Å². The molecule has 0 saturated heterocycles. The fraction of sp³-hybridized carbons (Fsp3) is 0.579. The molecule has 1 saturated carbocycles. The lowest BCUT2D eigenvalue weighted by Crippen LogP contribution is -2.43. The SMILES string of the molecule is CCNC(=O)N(Cc1cc(NC(=O)C2CC2)ccc1N(C)C)C(C)C. The van der Waals surface area contributed by atoms with Gasteiger partial charge in [-0.2, -0.15) is 0 Å². The number of anilines is 2. The molecule has 1 aromatic carbocycles. The van der Waals surface area contributed by atoms with Gasteiger partial charge in [0.05, 0.1) is 0 Å². The number of carbonyl (C=O) groups excluding carboxylic acids is 2. The molecular formula is C19H30N4O2. The van der Waals surface area contributed by atoms with Gasteiger partial charge in [-0.05, 0) is 57.4 Å². The summed E-state index contributed by atoms with van der Waals surface area (Å²) in [5.74, 6) is 0.257. The van der Waals surface area contributed by atoms with Crippen LogP contribution in [-0.2, 0) is 11.3 Å². The zero-order valence-electron chi connectivity index (χ0n) is 15.9. The second-order valence-corrected chi connectivity index (χ2v) is 7.06. The van der Waals surface area contributed by atoms with Gasteiger partial charge >= 0.3 is 6.03 Å². The average Bonchev–Trinajstić information content (AvgIpc) is 3.37. The second-order valence-electron chi connectivity index (χ2n) is 7.06. The maximum absolute atomic E-state index is 12.4. The Balaban J connectivity index is 2.24. The van der Waals surface area contributed by atoms with Gasteiger partial charge in [0.1, 0.15) is 0 Å². The van der Waals surface area contributed by atoms with Crippen molar-refractivity contribution >= 4 is 23.3 Å². The van der Waals surface area contributed by atoms with E-state index in [1.54, 1.807) is 4.90 Å². The van der Waals surface area contributed by atoms with Crippen LogP contribution in [0, 0.1) is 5.92 Å². The zero-order chi connectivity index (χ0) is 18.6. The Morgan fingerprint density at radius 1 is 1.24 bits per heavy atom. The third-order valence-corrected chi connectivity index (χ3v) is 4.33. The Hall–Kier alpha value is -2.24. The van der Waals surface area contributed by atoms with Crippen LogP contribution in [0.15, 0.2) is 18.2 Å². The normalized spacial score (nSPS) is 13.5. The van der Waals surface area contributed by atoms with E-state index in [0.29, 0.717) is 13.1 Å². The van der Waals surface area contributed by atoms with Crippen LogP contribution in [0.4, 0.5) is 16.2 Å². The average molecular weight is 346 g/mol. The number of urea groups is 1. The van der Waals surface area contributed by atoms with E-state index in [1.165, 1.54) is 0 Å². The molecule has 0 spiro atoms. The highest BCUT2D eigenvalue weighted by Crippen LogP contribution is 2.31. The molecule has 0 heterocycles. The minimum atomic E-state index is -0.0744. The highest BCUT2D eigenvalue weighted by Gasteiger charge is 2.29. The number of hydrogen-bond donors (Lipinski definition) is 2. The number of nitrogens with zero attached hydrogens (tertiary/aromatic N) is 2. The zero-order valence-corrected chi connectivity index (χ0v) is 15.9. The van der Waals surface area contributed by atoms with E-state index in [-0.39, 0.29) is 23.9 Å². The topological polar surface area (TPSA) is 64.7 Å². The number of nitrogens with one attached hydrogen (secondary N) is 2. The van der Waals surface area contributed by atoms with E-state index >= 15 is 0 Å². The predicted octanol–water partition coefficient (Wildman–Crippen LogP) is 3.04. The molecule has 0 unspecified atom stereocenters. The first-order valence-corrected chi connectivity index (χ1v) is 8.99. The van der Waals surface area contributed by atoms with Crippen LogP contribution in [0.1, 0.15) is 39.2 Å². The molecule has 3 amide bonds. The van der Waals surface area contributed by atoms with E-state index < -0.39 is 0 Å². The summed E-state index contributed by atoms with van der Waals surface area (Å²) < 4.78 is 0. The second kappa shape index (κ2) is 8.23. The van der Waals surface area contributed by atoms with Crippen molar-refractivity contribution < 1.29 is 9.59 Å². The summed E-state index contributed by atoms with van der Waals surface area (Å²) in [4.78, 5) is 28.2. The minimum Gasteiger partial charge on any atom is -0.377 e. The Labute approximate surface area is 150 Å². The Kier molecular flexibility index (Phi) is 6.28. The first-order chi connectivity index (χ1) is 11.8. The van der Waals surface area contributed by atoms with Crippen LogP contribution in [0.3, 0.4) is 0 Å². The first kappa shape index (κ1) is 19.1. The molecule has 0 atom stereocenters. The van der Waals surface area contributed by atoms with Crippen molar-refractivity contribution in [2.45, 2.75) is 46.2 Å². The van der Waals surface area contributed by atoms with Crippen molar-refractivity contribution in [3.63, 3.8) is 0 Å². The summed E-state index contributed by atoms with van der Waals surface area (Å²) in [6.07, 6.45) is 1.96. The van der Waals surface area contributed by atoms with Gasteiger partial charge in [-0.25, -0.2) is 4.79 Å². The molecule has 2 N–H and O–H groups in total. The number of benzene rings is 1. The fourth-order valence-electron chi connectivity index (χ4n) is 2.74. The van der Waals surface area contributed by atoms with Gasteiger partial charge in [-0.3, -0.25) is 4.79 Å². The first-order valence-electron chi connectivity index (χ1n) is 8.99. The Morgan fingerprint density at radius 2 is 1.92 bits per heavy atom. The molecular weight excluding hydrogens is 316 g/mol. The third kappa shape index (κ3) is 5.11. The van der Waals surface area contributed by atoms with Crippen molar-refractivity contribution in [1.82, 2.24) is 10.2 Å². The minimum absolute atomic E-state index is 0.0744. The van der Waals surface area contributed by atoms with Gasteiger partial charge < -0.3 is 20.4 Å². The summed E-state index contributed by atoms with van der Waals surface area (Å²) in [6.45, 7) is 7.01. The van der Waals surface area contributed by atoms with Gasteiger partial charge in [-0.15, -0.1) is 0 Å². The molecule has 1 aliphatic rings. The molecule has 25 heavy (non-hydrogen) atoms. The summed E-state index contributed by atoms with van der Waals surface area (Å²) in [6, 6.07) is 5.89. The molecule has 1 fully saturated rings. The molecule has 0 aromatic heterocycles. The van der Waals surface area contributed by atoms with E-state index in [2.05, 4.69) is 10.6 Å². The molecule has 6 heteroatoms. The quantitative estimate of drug-likeness (QED) is 0.797. The largest absolute Gasteiger partial charge is 0.377 e. The van der Waals surface area contributed by atoms with Gasteiger partial charge in [0.15, 0.2) is 0 Å². The molecule has 0 aliphatic heterocycles. The molecule has 0 radical (unpaired) electrons. The number of carbonyl (C=O) groups is 2. The van der Waals surface area contributed by atoms with E-state index in [9.17, 15) is 9.59 Å². The van der Waals surface area contributed by atoms with Crippen LogP contribution < -0.4 is 15.5 Å². The lowest BCUT2D eigenvalue weighted by atomic mass is 10.1. The van der Waals surface area contributed by atoms with Crippen LogP contribution in [0.25, 0.3) is 0 Å². The van der Waals surface area contributed by atoms with Gasteiger partial charge in [0.25, 0.3) is 0 Å². The van der Waals surface area contributed by atoms with Crippen molar-refractivity contribution in [3.8, 4) is 0 Å². The van der Waals surface area contributed by atoms with Gasteiger partial charge in [0, 0.05) is 50.5 Å². The predicted molar refractivity (Wildman–Crippen MR) is 102 cm³/mol. The standard InChI is InChI=1S/C19H30N4O2/c1-6-20-19(25)23(13(2)3)12-15-11-16(9-10-17(15)22(4)5)21-18(24)14-7-8-14/h9-11,13-14H,6-8,12H2,1-5H3,(H,20,25)(H,21,24). The van der Waals surface area contributed by atoms with E-state index in [1.807, 2.05) is 58.0 Å².